The van der Waals surface area contributed by atoms with Gasteiger partial charge in [0.1, 0.15) is 0 Å². The normalized spacial score (nSPS) is 23.1. The van der Waals surface area contributed by atoms with Crippen LogP contribution in [0.4, 0.5) is 4.39 Å². The van der Waals surface area contributed by atoms with Crippen molar-refractivity contribution >= 4 is 12.6 Å². The van der Waals surface area contributed by atoms with Crippen molar-refractivity contribution in [2.75, 3.05) is 33.4 Å². The van der Waals surface area contributed by atoms with E-state index >= 15 is 0 Å². The Kier molecular flexibility index (Phi) is 5.66. The lowest BCUT2D eigenvalue weighted by Crippen LogP contribution is -2.48. The van der Waals surface area contributed by atoms with E-state index in [1.807, 2.05) is 6.07 Å². The molecule has 0 aliphatic carbocycles. The summed E-state index contributed by atoms with van der Waals surface area (Å²) < 4.78 is 31.7. The van der Waals surface area contributed by atoms with Gasteiger partial charge in [-0.2, -0.15) is 0 Å². The van der Waals surface area contributed by atoms with Gasteiger partial charge < -0.3 is 14.0 Å². The lowest BCUT2D eigenvalue weighted by atomic mass is 9.74. The van der Waals surface area contributed by atoms with Crippen molar-refractivity contribution in [1.29, 1.82) is 0 Å². The van der Waals surface area contributed by atoms with Crippen LogP contribution in [0.1, 0.15) is 46.1 Å². The van der Waals surface area contributed by atoms with E-state index in [1.165, 1.54) is 20.0 Å². The van der Waals surface area contributed by atoms with Crippen molar-refractivity contribution in [2.24, 2.45) is 10.8 Å². The molecule has 0 N–H and O–H groups in total. The van der Waals surface area contributed by atoms with Gasteiger partial charge in [-0.25, -0.2) is 4.39 Å². The van der Waals surface area contributed by atoms with E-state index in [4.69, 9.17) is 14.0 Å². The predicted octanol–water partition coefficient (Wildman–Crippen LogP) is 3.22. The number of methoxy groups -OCH3 is 1. The molecule has 2 aliphatic rings. The zero-order valence-electron chi connectivity index (χ0n) is 16.7. The molecule has 2 aliphatic heterocycles. The molecule has 0 unspecified atom stereocenters. The highest BCUT2D eigenvalue weighted by Crippen LogP contribution is 2.31. The number of nitrogens with zero attached hydrogens (tertiary/aromatic N) is 1. The van der Waals surface area contributed by atoms with Gasteiger partial charge in [-0.3, -0.25) is 4.90 Å². The second kappa shape index (κ2) is 7.49. The maximum Gasteiger partial charge on any atom is 0.497 e. The number of ether oxygens (including phenoxy) is 1. The van der Waals surface area contributed by atoms with Crippen LogP contribution in [-0.4, -0.2) is 45.4 Å². The van der Waals surface area contributed by atoms with E-state index < -0.39 is 7.12 Å². The van der Waals surface area contributed by atoms with Crippen LogP contribution in [0, 0.1) is 16.6 Å². The van der Waals surface area contributed by atoms with E-state index in [0.717, 1.165) is 25.2 Å². The summed E-state index contributed by atoms with van der Waals surface area (Å²) in [6.45, 7) is 12.8. The van der Waals surface area contributed by atoms with Crippen molar-refractivity contribution in [3.05, 3.63) is 23.5 Å². The van der Waals surface area contributed by atoms with Crippen molar-refractivity contribution in [1.82, 2.24) is 4.90 Å². The maximum atomic E-state index is 14.6. The van der Waals surface area contributed by atoms with Crippen LogP contribution in [0.2, 0.25) is 0 Å². The van der Waals surface area contributed by atoms with Crippen LogP contribution >= 0.6 is 0 Å². The zero-order chi connectivity index (χ0) is 18.9. The fourth-order valence-electron chi connectivity index (χ4n) is 3.60. The Labute approximate surface area is 157 Å². The Morgan fingerprint density at radius 2 is 1.69 bits per heavy atom. The minimum absolute atomic E-state index is 0.0273. The molecule has 2 saturated heterocycles. The van der Waals surface area contributed by atoms with E-state index in [0.29, 0.717) is 24.1 Å². The molecule has 144 valence electrons. The standard InChI is InChI=1S/C20H31BFNO3/c1-19(2)6-8-23(9-7-19)12-15-10-16(18(24-5)17(22)11-15)21-25-13-20(3,4)14-26-21/h10-11H,6-9,12-14H2,1-5H3. The summed E-state index contributed by atoms with van der Waals surface area (Å²) in [5.41, 5.74) is 1.97. The number of halogens is 1. The van der Waals surface area contributed by atoms with Crippen LogP contribution in [0.3, 0.4) is 0 Å². The van der Waals surface area contributed by atoms with Crippen LogP contribution in [0.25, 0.3) is 0 Å². The van der Waals surface area contributed by atoms with Crippen LogP contribution < -0.4 is 10.2 Å². The third-order valence-electron chi connectivity index (χ3n) is 5.46. The molecule has 26 heavy (non-hydrogen) atoms. The van der Waals surface area contributed by atoms with Crippen molar-refractivity contribution in [2.45, 2.75) is 47.1 Å². The number of hydrogen-bond donors (Lipinski definition) is 0. The minimum atomic E-state index is -0.576. The number of rotatable bonds is 4. The first-order valence-electron chi connectivity index (χ1n) is 9.51. The number of likely N-dealkylation sites (tertiary alicyclic amines) is 1. The molecule has 0 amide bonds. The Bertz CT molecular complexity index is 630. The molecule has 6 heteroatoms. The van der Waals surface area contributed by atoms with Crippen molar-refractivity contribution in [3.8, 4) is 5.75 Å². The van der Waals surface area contributed by atoms with E-state index in [-0.39, 0.29) is 17.0 Å². The fraction of sp³-hybridized carbons (Fsp3) is 0.700. The molecule has 0 aromatic heterocycles. The summed E-state index contributed by atoms with van der Waals surface area (Å²) in [5, 5.41) is 0. The predicted molar refractivity (Wildman–Crippen MR) is 102 cm³/mol. The van der Waals surface area contributed by atoms with Gasteiger partial charge in [0.15, 0.2) is 11.6 Å². The monoisotopic (exact) mass is 363 g/mol. The Morgan fingerprint density at radius 3 is 2.27 bits per heavy atom. The molecule has 1 aromatic carbocycles. The van der Waals surface area contributed by atoms with E-state index in [2.05, 4.69) is 32.6 Å². The first-order chi connectivity index (χ1) is 12.2. The lowest BCUT2D eigenvalue weighted by Gasteiger charge is -2.37. The Balaban J connectivity index is 1.77. The third-order valence-corrected chi connectivity index (χ3v) is 5.46. The molecular formula is C20H31BFNO3. The lowest BCUT2D eigenvalue weighted by molar-refractivity contribution is 0.0340. The largest absolute Gasteiger partial charge is 0.497 e. The molecule has 0 radical (unpaired) electrons. The maximum absolute atomic E-state index is 14.6. The summed E-state index contributed by atoms with van der Waals surface area (Å²) in [7, 11) is 0.911. The minimum Gasteiger partial charge on any atom is -0.494 e. The molecule has 1 aromatic rings. The van der Waals surface area contributed by atoms with Gasteiger partial charge >= 0.3 is 7.12 Å². The summed E-state index contributed by atoms with van der Waals surface area (Å²) in [6, 6.07) is 3.56. The molecule has 4 nitrogen and oxygen atoms in total. The highest BCUT2D eigenvalue weighted by atomic mass is 19.1. The van der Waals surface area contributed by atoms with Crippen molar-refractivity contribution < 1.29 is 18.4 Å². The van der Waals surface area contributed by atoms with Gasteiger partial charge in [0, 0.05) is 30.6 Å². The molecule has 0 saturated carbocycles. The first kappa shape index (κ1) is 19.7. The van der Waals surface area contributed by atoms with Gasteiger partial charge in [0.2, 0.25) is 0 Å². The molecule has 0 bridgehead atoms. The molecular weight excluding hydrogens is 332 g/mol. The third kappa shape index (κ3) is 4.59. The highest BCUT2D eigenvalue weighted by molar-refractivity contribution is 6.62. The zero-order valence-corrected chi connectivity index (χ0v) is 16.7. The average molecular weight is 363 g/mol. The molecule has 2 fully saturated rings. The highest BCUT2D eigenvalue weighted by Gasteiger charge is 2.36. The molecule has 0 atom stereocenters. The summed E-state index contributed by atoms with van der Waals surface area (Å²) in [4.78, 5) is 2.39. The topological polar surface area (TPSA) is 30.9 Å². The summed E-state index contributed by atoms with van der Waals surface area (Å²) >= 11 is 0. The van der Waals surface area contributed by atoms with Gasteiger partial charge in [-0.05, 0) is 43.0 Å². The van der Waals surface area contributed by atoms with Gasteiger partial charge in [-0.15, -0.1) is 0 Å². The number of piperidine rings is 1. The summed E-state index contributed by atoms with van der Waals surface area (Å²) in [6.07, 6.45) is 2.34. The SMILES string of the molecule is COc1c(F)cc(CN2CCC(C)(C)CC2)cc1B1OCC(C)(C)CO1. The van der Waals surface area contributed by atoms with Gasteiger partial charge in [-0.1, -0.05) is 33.8 Å². The van der Waals surface area contributed by atoms with Crippen LogP contribution in [0.5, 0.6) is 5.75 Å². The van der Waals surface area contributed by atoms with E-state index in [9.17, 15) is 4.39 Å². The van der Waals surface area contributed by atoms with Crippen LogP contribution in [-0.2, 0) is 15.9 Å². The van der Waals surface area contributed by atoms with Gasteiger partial charge in [0.25, 0.3) is 0 Å². The molecule has 2 heterocycles. The molecule has 3 rings (SSSR count). The second-order valence-corrected chi connectivity index (χ2v) is 9.26. The number of benzene rings is 1. The summed E-state index contributed by atoms with van der Waals surface area (Å²) in [5.74, 6) is -0.132. The van der Waals surface area contributed by atoms with E-state index in [1.54, 1.807) is 6.07 Å². The fourth-order valence-corrected chi connectivity index (χ4v) is 3.60. The molecule has 0 spiro atoms. The first-order valence-corrected chi connectivity index (χ1v) is 9.51. The smallest absolute Gasteiger partial charge is 0.494 e. The number of hydrogen-bond acceptors (Lipinski definition) is 4. The van der Waals surface area contributed by atoms with Gasteiger partial charge in [0.05, 0.1) is 7.11 Å². The van der Waals surface area contributed by atoms with Crippen molar-refractivity contribution in [3.63, 3.8) is 0 Å². The second-order valence-electron chi connectivity index (χ2n) is 9.26. The van der Waals surface area contributed by atoms with Crippen LogP contribution in [0.15, 0.2) is 12.1 Å². The quantitative estimate of drug-likeness (QED) is 0.769. The average Bonchev–Trinajstić information content (AvgIpc) is 2.56. The Morgan fingerprint density at radius 1 is 1.08 bits per heavy atom. The Hall–Kier alpha value is -1.11.